The van der Waals surface area contributed by atoms with Gasteiger partial charge in [-0.2, -0.15) is 0 Å². The molecule has 41 heavy (non-hydrogen) atoms. The maximum atomic E-state index is 5.07. The van der Waals surface area contributed by atoms with Crippen molar-refractivity contribution < 1.29 is 74.2 Å². The second-order valence-corrected chi connectivity index (χ2v) is 11.1. The van der Waals surface area contributed by atoms with Crippen molar-refractivity contribution in [3.63, 3.8) is 0 Å². The molecule has 0 amide bonds. The Kier molecular flexibility index (Phi) is 23.6. The minimum Gasteiger partial charge on any atom is -1.00 e. The normalized spacial score (nSPS) is 14.1. The third kappa shape index (κ3) is 15.7. The largest absolute Gasteiger partial charge is 2.00 e. The zero-order valence-corrected chi connectivity index (χ0v) is 29.5. The molecule has 0 atom stereocenters. The van der Waals surface area contributed by atoms with E-state index >= 15 is 0 Å². The number of aliphatic imine (C=N–C) groups is 1. The molecule has 2 heterocycles. The van der Waals surface area contributed by atoms with Gasteiger partial charge in [0.15, 0.2) is 0 Å². The van der Waals surface area contributed by atoms with Gasteiger partial charge in [-0.15, -0.1) is 11.8 Å². The summed E-state index contributed by atoms with van der Waals surface area (Å²) < 4.78 is 10.1. The van der Waals surface area contributed by atoms with Crippen molar-refractivity contribution in [3.8, 4) is 0 Å². The van der Waals surface area contributed by atoms with E-state index in [-0.39, 0.29) is 64.8 Å². The average molecular weight is 760 g/mol. The summed E-state index contributed by atoms with van der Waals surface area (Å²) in [5.74, 6) is 0.969. The Morgan fingerprint density at radius 3 is 1.56 bits per heavy atom. The molecule has 0 N–H and O–H groups in total. The predicted molar refractivity (Wildman–Crippen MR) is 164 cm³/mol. The first-order valence-corrected chi connectivity index (χ1v) is 15.1. The van der Waals surface area contributed by atoms with Crippen molar-refractivity contribution in [2.75, 3.05) is 26.4 Å². The maximum Gasteiger partial charge on any atom is 2.00 e. The summed E-state index contributed by atoms with van der Waals surface area (Å²) in [6.45, 7) is 12.6. The van der Waals surface area contributed by atoms with Crippen molar-refractivity contribution in [1.82, 2.24) is 0 Å². The maximum absolute atomic E-state index is 5.07. The zero-order valence-electron chi connectivity index (χ0n) is 24.9. The van der Waals surface area contributed by atoms with E-state index in [4.69, 9.17) is 14.5 Å². The molecule has 0 spiro atoms. The van der Waals surface area contributed by atoms with E-state index in [1.807, 2.05) is 18.0 Å². The van der Waals surface area contributed by atoms with Crippen LogP contribution >= 0.6 is 11.8 Å². The molecule has 0 bridgehead atoms. The molecular weight excluding hydrogens is 715 g/mol. The Labute approximate surface area is 297 Å². The number of para-hydroxylation sites is 1. The standard InChI is InChI=1S/C24H25NS.2C5H10O.2ClH.Gd/c1-17-8-5-9-18(2)23(17)25-15-21-12-7-13-22(14-21)16-26-24-19(3)10-6-11-20(24)4;2*1-2-4-6-5-3-1;;;/h5-15H,16H2,1-4H3;2*1-5H2;2*1H;/q;;;;;+2/p-2. The fourth-order valence-corrected chi connectivity index (χ4v) is 5.55. The van der Waals surface area contributed by atoms with Crippen LogP contribution in [-0.4, -0.2) is 32.6 Å². The molecule has 2 aliphatic heterocycles. The first kappa shape index (κ1) is 40.5. The molecule has 226 valence electrons. The van der Waals surface area contributed by atoms with Crippen molar-refractivity contribution in [1.29, 1.82) is 0 Å². The number of nitrogens with zero attached hydrogens (tertiary/aromatic N) is 1. The van der Waals surface area contributed by atoms with Gasteiger partial charge in [-0.25, -0.2) is 0 Å². The van der Waals surface area contributed by atoms with Crippen LogP contribution in [0, 0.1) is 67.6 Å². The second kappa shape index (κ2) is 23.9. The molecule has 3 aromatic carbocycles. The number of hydrogen-bond donors (Lipinski definition) is 0. The fourth-order valence-electron chi connectivity index (χ4n) is 4.47. The first-order valence-electron chi connectivity index (χ1n) is 14.1. The topological polar surface area (TPSA) is 30.8 Å². The number of aryl methyl sites for hydroxylation is 4. The van der Waals surface area contributed by atoms with Crippen LogP contribution in [-0.2, 0) is 15.2 Å². The number of rotatable bonds is 5. The van der Waals surface area contributed by atoms with E-state index in [1.165, 1.54) is 71.2 Å². The molecule has 3 aromatic rings. The Hall–Kier alpha value is -0.495. The van der Waals surface area contributed by atoms with Crippen LogP contribution in [0.25, 0.3) is 0 Å². The number of hydrogen-bond acceptors (Lipinski definition) is 4. The van der Waals surface area contributed by atoms with Crippen LogP contribution in [0.4, 0.5) is 5.69 Å². The van der Waals surface area contributed by atoms with Gasteiger partial charge in [0.2, 0.25) is 0 Å². The minimum atomic E-state index is 0. The quantitative estimate of drug-likeness (QED) is 0.296. The average Bonchev–Trinajstić information content (AvgIpc) is 2.95. The van der Waals surface area contributed by atoms with E-state index in [2.05, 4.69) is 88.4 Å². The van der Waals surface area contributed by atoms with Crippen LogP contribution in [0.1, 0.15) is 71.9 Å². The Bertz CT molecular complexity index is 1080. The predicted octanol–water partition coefficient (Wildman–Crippen LogP) is 3.34. The summed E-state index contributed by atoms with van der Waals surface area (Å²) in [4.78, 5) is 6.12. The van der Waals surface area contributed by atoms with Gasteiger partial charge >= 0.3 is 39.9 Å². The summed E-state index contributed by atoms with van der Waals surface area (Å²) in [7, 11) is 0. The Morgan fingerprint density at radius 2 is 1.12 bits per heavy atom. The van der Waals surface area contributed by atoms with E-state index in [9.17, 15) is 0 Å². The molecule has 7 heteroatoms. The van der Waals surface area contributed by atoms with Crippen molar-refractivity contribution in [2.24, 2.45) is 4.99 Å². The smallest absolute Gasteiger partial charge is 1.00 e. The van der Waals surface area contributed by atoms with Crippen molar-refractivity contribution in [3.05, 3.63) is 94.0 Å². The molecule has 2 fully saturated rings. The third-order valence-corrected chi connectivity index (χ3v) is 8.09. The zero-order chi connectivity index (χ0) is 27.0. The molecule has 0 saturated carbocycles. The van der Waals surface area contributed by atoms with E-state index in [0.29, 0.717) is 0 Å². The summed E-state index contributed by atoms with van der Waals surface area (Å²) in [6, 6.07) is 21.4. The van der Waals surface area contributed by atoms with E-state index < -0.39 is 0 Å². The number of halogens is 2. The molecule has 2 saturated heterocycles. The van der Waals surface area contributed by atoms with Gasteiger partial charge in [-0.3, -0.25) is 4.99 Å². The van der Waals surface area contributed by atoms with Crippen molar-refractivity contribution >= 4 is 23.7 Å². The van der Waals surface area contributed by atoms with Gasteiger partial charge in [-0.05, 0) is 106 Å². The molecule has 0 aliphatic carbocycles. The van der Waals surface area contributed by atoms with Crippen LogP contribution in [0.5, 0.6) is 0 Å². The monoisotopic (exact) mass is 759 g/mol. The van der Waals surface area contributed by atoms with Gasteiger partial charge in [0.25, 0.3) is 0 Å². The van der Waals surface area contributed by atoms with Crippen LogP contribution < -0.4 is 24.8 Å². The summed E-state index contributed by atoms with van der Waals surface area (Å²) >= 11 is 1.91. The second-order valence-electron chi connectivity index (χ2n) is 10.1. The molecule has 2 aliphatic rings. The summed E-state index contributed by atoms with van der Waals surface area (Å²) in [5.41, 5.74) is 8.66. The van der Waals surface area contributed by atoms with Gasteiger partial charge < -0.3 is 34.3 Å². The third-order valence-electron chi connectivity index (χ3n) is 6.68. The van der Waals surface area contributed by atoms with Gasteiger partial charge in [0.05, 0.1) is 5.69 Å². The van der Waals surface area contributed by atoms with Gasteiger partial charge in [-0.1, -0.05) is 54.6 Å². The molecular formula is C34H45Cl2GdNO2S. The SMILES string of the molecule is C1CCOCC1.C1CCOCC1.Cc1cccc(C)c1N=Cc1cccc(CSc2c(C)cccc2C)c1.[Cl-].[Cl-].[Gd+2]. The van der Waals surface area contributed by atoms with Crippen LogP contribution in [0.2, 0.25) is 0 Å². The molecule has 5 rings (SSSR count). The molecule has 0 unspecified atom stereocenters. The fraction of sp³-hybridized carbons (Fsp3) is 0.441. The summed E-state index contributed by atoms with van der Waals surface area (Å²) in [6.07, 6.45) is 9.84. The van der Waals surface area contributed by atoms with Crippen molar-refractivity contribution in [2.45, 2.75) is 76.9 Å². The molecule has 0 aromatic heterocycles. The first-order chi connectivity index (χ1) is 18.5. The molecule has 3 nitrogen and oxygen atoms in total. The number of thioether (sulfide) groups is 1. The Morgan fingerprint density at radius 1 is 0.659 bits per heavy atom. The van der Waals surface area contributed by atoms with E-state index in [0.717, 1.165) is 43.4 Å². The number of ether oxygens (including phenoxy) is 2. The van der Waals surface area contributed by atoms with Crippen LogP contribution in [0.15, 0.2) is 70.6 Å². The minimum absolute atomic E-state index is 0. The van der Waals surface area contributed by atoms with E-state index in [1.54, 1.807) is 0 Å². The molecule has 0 radical (unpaired) electrons. The number of benzene rings is 3. The summed E-state index contributed by atoms with van der Waals surface area (Å²) in [5, 5.41) is 0. The van der Waals surface area contributed by atoms with Gasteiger partial charge in [0, 0.05) is 43.3 Å². The van der Waals surface area contributed by atoms with Crippen LogP contribution in [0.3, 0.4) is 0 Å². The Balaban J connectivity index is 0.000000884. The van der Waals surface area contributed by atoms with Gasteiger partial charge in [0.1, 0.15) is 0 Å².